The van der Waals surface area contributed by atoms with Crippen LogP contribution in [0.1, 0.15) is 30.8 Å². The summed E-state index contributed by atoms with van der Waals surface area (Å²) in [4.78, 5) is 38.9. The van der Waals surface area contributed by atoms with E-state index in [4.69, 9.17) is 0 Å². The molecule has 2 heterocycles. The monoisotopic (exact) mass is 493 g/mol. The zero-order valence-electron chi connectivity index (χ0n) is 19.1. The Balaban J connectivity index is 1.56. The molecule has 4 rings (SSSR count). The maximum Gasteiger partial charge on any atom is 0.293 e. The fourth-order valence-corrected chi connectivity index (χ4v) is 5.60. The van der Waals surface area contributed by atoms with Crippen LogP contribution in [0.2, 0.25) is 0 Å². The number of aryl methyl sites for hydroxylation is 1. The van der Waals surface area contributed by atoms with Gasteiger partial charge in [-0.05, 0) is 93.6 Å². The van der Waals surface area contributed by atoms with Crippen LogP contribution in [0.25, 0.3) is 11.8 Å². The van der Waals surface area contributed by atoms with Crippen molar-refractivity contribution in [3.05, 3.63) is 86.6 Å². The van der Waals surface area contributed by atoms with Crippen LogP contribution in [0, 0.1) is 24.0 Å². The normalized spacial score (nSPS) is 15.1. The van der Waals surface area contributed by atoms with Gasteiger partial charge in [0.15, 0.2) is 0 Å². The summed E-state index contributed by atoms with van der Waals surface area (Å²) >= 11 is 2.51. The minimum Gasteiger partial charge on any atom is -0.318 e. The number of nitro groups is 1. The number of imide groups is 1. The Labute approximate surface area is 206 Å². The van der Waals surface area contributed by atoms with Gasteiger partial charge in [0.05, 0.1) is 9.83 Å². The summed E-state index contributed by atoms with van der Waals surface area (Å²) in [6.07, 6.45) is 1.80. The van der Waals surface area contributed by atoms with E-state index < -0.39 is 4.92 Å². The highest BCUT2D eigenvalue weighted by Crippen LogP contribution is 2.35. The molecule has 0 spiro atoms. The molecular weight excluding hydrogens is 470 g/mol. The summed E-state index contributed by atoms with van der Waals surface area (Å²) in [5.74, 6) is -0.248. The molecule has 34 heavy (non-hydrogen) atoms. The third-order valence-corrected chi connectivity index (χ3v) is 7.37. The molecule has 3 aromatic rings. The molecule has 2 amide bonds. The first-order chi connectivity index (χ1) is 16.2. The number of hydrogen-bond acceptors (Lipinski definition) is 6. The van der Waals surface area contributed by atoms with Crippen LogP contribution in [0.15, 0.2) is 69.3 Å². The first-order valence-corrected chi connectivity index (χ1v) is 12.3. The minimum absolute atomic E-state index is 0.0722. The van der Waals surface area contributed by atoms with Gasteiger partial charge in [-0.2, -0.15) is 0 Å². The lowest BCUT2D eigenvalue weighted by Gasteiger charge is -2.16. The summed E-state index contributed by atoms with van der Waals surface area (Å²) in [5.41, 5.74) is 3.95. The van der Waals surface area contributed by atoms with Crippen LogP contribution in [0.5, 0.6) is 0 Å². The molecule has 2 aromatic carbocycles. The van der Waals surface area contributed by atoms with E-state index in [1.165, 1.54) is 28.8 Å². The van der Waals surface area contributed by atoms with Gasteiger partial charge in [0.25, 0.3) is 16.8 Å². The van der Waals surface area contributed by atoms with E-state index in [1.54, 1.807) is 18.2 Å². The largest absolute Gasteiger partial charge is 0.318 e. The molecule has 1 aromatic heterocycles. The number of thioether (sulfide) groups is 1. The lowest BCUT2D eigenvalue weighted by atomic mass is 10.2. The van der Waals surface area contributed by atoms with Crippen molar-refractivity contribution >= 4 is 46.4 Å². The van der Waals surface area contributed by atoms with E-state index in [1.807, 2.05) is 58.0 Å². The third kappa shape index (κ3) is 4.67. The molecule has 0 aliphatic carbocycles. The number of carbonyl (C=O) groups is 2. The third-order valence-electron chi connectivity index (χ3n) is 5.47. The van der Waals surface area contributed by atoms with Gasteiger partial charge in [-0.1, -0.05) is 11.8 Å². The van der Waals surface area contributed by atoms with Crippen LogP contribution in [-0.4, -0.2) is 31.6 Å². The van der Waals surface area contributed by atoms with Crippen LogP contribution in [0.4, 0.5) is 10.5 Å². The predicted octanol–water partition coefficient (Wildman–Crippen LogP) is 6.60. The number of nitrogens with zero attached hydrogens (tertiary/aromatic N) is 3. The highest BCUT2D eigenvalue weighted by molar-refractivity contribution is 8.18. The number of amides is 2. The average Bonchev–Trinajstić information content (AvgIpc) is 3.23. The zero-order chi connectivity index (χ0) is 24.6. The SMILES string of the molecule is Cc1cc(/C=C2/SC(=O)N(C(C)C)C2=O)c(C)n1-c1ccc(Sc2ccc([N+](=O)[O-])cc2)cc1. The van der Waals surface area contributed by atoms with E-state index in [-0.39, 0.29) is 22.9 Å². The molecule has 1 fully saturated rings. The molecule has 0 bridgehead atoms. The van der Waals surface area contributed by atoms with Crippen molar-refractivity contribution in [1.29, 1.82) is 0 Å². The Hall–Kier alpha value is -3.30. The van der Waals surface area contributed by atoms with Gasteiger partial charge in [-0.15, -0.1) is 0 Å². The summed E-state index contributed by atoms with van der Waals surface area (Å²) in [5, 5.41) is 10.6. The van der Waals surface area contributed by atoms with Gasteiger partial charge in [-0.3, -0.25) is 24.6 Å². The Kier molecular flexibility index (Phi) is 6.67. The van der Waals surface area contributed by atoms with Crippen LogP contribution in [0.3, 0.4) is 0 Å². The zero-order valence-corrected chi connectivity index (χ0v) is 20.8. The summed E-state index contributed by atoms with van der Waals surface area (Å²) in [6, 6.07) is 16.4. The van der Waals surface area contributed by atoms with Crippen LogP contribution >= 0.6 is 23.5 Å². The Morgan fingerprint density at radius 2 is 1.59 bits per heavy atom. The van der Waals surface area contributed by atoms with E-state index >= 15 is 0 Å². The fourth-order valence-electron chi connectivity index (χ4n) is 3.83. The number of hydrogen-bond donors (Lipinski definition) is 0. The molecule has 1 aliphatic rings. The number of benzene rings is 2. The summed E-state index contributed by atoms with van der Waals surface area (Å²) in [6.45, 7) is 7.65. The number of rotatable bonds is 6. The second kappa shape index (κ2) is 9.52. The van der Waals surface area contributed by atoms with E-state index in [0.29, 0.717) is 4.91 Å². The lowest BCUT2D eigenvalue weighted by molar-refractivity contribution is -0.384. The standard InChI is InChI=1S/C25H23N3O4S2/c1-15(2)26-24(29)23(34-25(26)30)14-18-13-16(3)27(17(18)4)19-5-9-21(10-6-19)33-22-11-7-20(8-12-22)28(31)32/h5-15H,1-4H3/b23-14+. The molecular formula is C25H23N3O4S2. The van der Waals surface area contributed by atoms with Crippen LogP contribution in [-0.2, 0) is 4.79 Å². The van der Waals surface area contributed by atoms with Crippen molar-refractivity contribution in [2.75, 3.05) is 0 Å². The quantitative estimate of drug-likeness (QED) is 0.218. The van der Waals surface area contributed by atoms with Crippen LogP contribution < -0.4 is 0 Å². The molecule has 0 saturated carbocycles. The smallest absolute Gasteiger partial charge is 0.293 e. The maximum absolute atomic E-state index is 12.6. The average molecular weight is 494 g/mol. The molecule has 0 atom stereocenters. The highest BCUT2D eigenvalue weighted by atomic mass is 32.2. The second-order valence-corrected chi connectivity index (χ2v) is 10.3. The van der Waals surface area contributed by atoms with Gasteiger partial charge in [0.2, 0.25) is 0 Å². The minimum atomic E-state index is -0.408. The molecule has 9 heteroatoms. The lowest BCUT2D eigenvalue weighted by Crippen LogP contribution is -2.34. The van der Waals surface area contributed by atoms with Crippen molar-refractivity contribution in [3.63, 3.8) is 0 Å². The van der Waals surface area contributed by atoms with Crippen molar-refractivity contribution in [3.8, 4) is 5.69 Å². The fraction of sp³-hybridized carbons (Fsp3) is 0.200. The molecule has 0 unspecified atom stereocenters. The predicted molar refractivity (Wildman–Crippen MR) is 135 cm³/mol. The molecule has 0 N–H and O–H groups in total. The first-order valence-electron chi connectivity index (χ1n) is 10.6. The molecule has 7 nitrogen and oxygen atoms in total. The Morgan fingerprint density at radius 3 is 2.12 bits per heavy atom. The van der Waals surface area contributed by atoms with Gasteiger partial charge in [0, 0.05) is 45.0 Å². The summed E-state index contributed by atoms with van der Waals surface area (Å²) in [7, 11) is 0. The molecule has 174 valence electrons. The number of carbonyl (C=O) groups excluding carboxylic acids is 2. The first kappa shape index (κ1) is 23.8. The van der Waals surface area contributed by atoms with Crippen molar-refractivity contribution in [2.24, 2.45) is 0 Å². The van der Waals surface area contributed by atoms with Crippen molar-refractivity contribution in [2.45, 2.75) is 43.5 Å². The van der Waals surface area contributed by atoms with E-state index in [0.717, 1.165) is 44.2 Å². The Morgan fingerprint density at radius 1 is 1.00 bits per heavy atom. The Bertz CT molecular complexity index is 1310. The number of aromatic nitrogens is 1. The topological polar surface area (TPSA) is 85.5 Å². The highest BCUT2D eigenvalue weighted by Gasteiger charge is 2.36. The number of non-ortho nitro benzene ring substituents is 1. The van der Waals surface area contributed by atoms with Gasteiger partial charge in [0.1, 0.15) is 0 Å². The molecule has 1 saturated heterocycles. The maximum atomic E-state index is 12.6. The molecule has 0 radical (unpaired) electrons. The van der Waals surface area contributed by atoms with Gasteiger partial charge < -0.3 is 4.57 Å². The second-order valence-electron chi connectivity index (χ2n) is 8.15. The summed E-state index contributed by atoms with van der Waals surface area (Å²) < 4.78 is 2.11. The van der Waals surface area contributed by atoms with E-state index in [9.17, 15) is 19.7 Å². The van der Waals surface area contributed by atoms with Crippen molar-refractivity contribution < 1.29 is 14.5 Å². The van der Waals surface area contributed by atoms with Gasteiger partial charge >= 0.3 is 0 Å². The molecule has 1 aliphatic heterocycles. The number of nitro benzene ring substituents is 1. The van der Waals surface area contributed by atoms with Crippen molar-refractivity contribution in [1.82, 2.24) is 9.47 Å². The van der Waals surface area contributed by atoms with E-state index in [2.05, 4.69) is 4.57 Å². The van der Waals surface area contributed by atoms with Gasteiger partial charge in [-0.25, -0.2) is 0 Å².